The average Bonchev–Trinajstić information content (AvgIpc) is 2.64. The Hall–Kier alpha value is -1.24. The van der Waals surface area contributed by atoms with Gasteiger partial charge < -0.3 is 4.52 Å². The zero-order valence-corrected chi connectivity index (χ0v) is 10.4. The van der Waals surface area contributed by atoms with Crippen LogP contribution in [0.1, 0.15) is 43.2 Å². The van der Waals surface area contributed by atoms with Gasteiger partial charge in [0.05, 0.1) is 12.2 Å². The standard InChI is InChI=1S/C10H14N2O4S/c1-7(13)6-9-11-10(12-16-9)8-4-2-3-5-17(8,14)15/h8H,2-6H2,1H3. The molecule has 1 unspecified atom stereocenters. The third kappa shape index (κ3) is 2.71. The van der Waals surface area contributed by atoms with E-state index in [1.807, 2.05) is 0 Å². The highest BCUT2D eigenvalue weighted by atomic mass is 32.2. The van der Waals surface area contributed by atoms with Crippen LogP contribution in [0.15, 0.2) is 4.52 Å². The molecule has 17 heavy (non-hydrogen) atoms. The van der Waals surface area contributed by atoms with Crippen molar-refractivity contribution in [3.8, 4) is 0 Å². The summed E-state index contributed by atoms with van der Waals surface area (Å²) in [4.78, 5) is 14.9. The van der Waals surface area contributed by atoms with Crippen LogP contribution in [0.3, 0.4) is 0 Å². The fraction of sp³-hybridized carbons (Fsp3) is 0.700. The van der Waals surface area contributed by atoms with Crippen molar-refractivity contribution in [2.75, 3.05) is 5.75 Å². The number of carbonyl (C=O) groups is 1. The van der Waals surface area contributed by atoms with Crippen molar-refractivity contribution < 1.29 is 17.7 Å². The molecular weight excluding hydrogens is 244 g/mol. The quantitative estimate of drug-likeness (QED) is 0.798. The Balaban J connectivity index is 2.22. The SMILES string of the molecule is CC(=O)Cc1nc(C2CCCCS2(=O)=O)no1. The molecule has 2 rings (SSSR count). The number of hydrogen-bond donors (Lipinski definition) is 0. The van der Waals surface area contributed by atoms with E-state index >= 15 is 0 Å². The van der Waals surface area contributed by atoms with Crippen molar-refractivity contribution in [1.82, 2.24) is 10.1 Å². The van der Waals surface area contributed by atoms with Crippen LogP contribution in [0.25, 0.3) is 0 Å². The monoisotopic (exact) mass is 258 g/mol. The second kappa shape index (κ2) is 4.56. The Morgan fingerprint density at radius 2 is 2.24 bits per heavy atom. The number of nitrogens with zero attached hydrogens (tertiary/aromatic N) is 2. The molecule has 0 amide bonds. The normalized spacial score (nSPS) is 23.5. The largest absolute Gasteiger partial charge is 0.339 e. The second-order valence-corrected chi connectivity index (χ2v) is 6.58. The van der Waals surface area contributed by atoms with Crippen molar-refractivity contribution in [2.45, 2.75) is 37.9 Å². The smallest absolute Gasteiger partial charge is 0.234 e. The maximum absolute atomic E-state index is 11.8. The van der Waals surface area contributed by atoms with E-state index in [0.29, 0.717) is 12.8 Å². The molecule has 1 aromatic heterocycles. The molecular formula is C10H14N2O4S. The molecule has 1 fully saturated rings. The number of aromatic nitrogens is 2. The lowest BCUT2D eigenvalue weighted by atomic mass is 10.2. The summed E-state index contributed by atoms with van der Waals surface area (Å²) in [5.74, 6) is 0.467. The fourth-order valence-electron chi connectivity index (χ4n) is 1.93. The first-order chi connectivity index (χ1) is 7.99. The number of Topliss-reactive ketones (excluding diaryl/α,β-unsaturated/α-hetero) is 1. The van der Waals surface area contributed by atoms with Gasteiger partial charge in [0.2, 0.25) is 5.89 Å². The van der Waals surface area contributed by atoms with Gasteiger partial charge in [-0.3, -0.25) is 4.79 Å². The first-order valence-corrected chi connectivity index (χ1v) is 7.24. The highest BCUT2D eigenvalue weighted by Gasteiger charge is 2.34. The number of rotatable bonds is 3. The fourth-order valence-corrected chi connectivity index (χ4v) is 3.76. The van der Waals surface area contributed by atoms with E-state index in [9.17, 15) is 13.2 Å². The molecule has 7 heteroatoms. The van der Waals surface area contributed by atoms with Crippen molar-refractivity contribution in [3.05, 3.63) is 11.7 Å². The third-order valence-corrected chi connectivity index (χ3v) is 4.92. The summed E-state index contributed by atoms with van der Waals surface area (Å²) in [7, 11) is -3.16. The topological polar surface area (TPSA) is 90.1 Å². The van der Waals surface area contributed by atoms with Gasteiger partial charge in [-0.05, 0) is 19.8 Å². The van der Waals surface area contributed by atoms with Gasteiger partial charge >= 0.3 is 0 Å². The van der Waals surface area contributed by atoms with Crippen LogP contribution in [0.5, 0.6) is 0 Å². The predicted molar refractivity (Wildman–Crippen MR) is 59.1 cm³/mol. The maximum Gasteiger partial charge on any atom is 0.234 e. The molecule has 0 N–H and O–H groups in total. The van der Waals surface area contributed by atoms with Gasteiger partial charge in [0, 0.05) is 0 Å². The average molecular weight is 258 g/mol. The third-order valence-electron chi connectivity index (χ3n) is 2.75. The van der Waals surface area contributed by atoms with Gasteiger partial charge in [-0.15, -0.1) is 0 Å². The number of hydrogen-bond acceptors (Lipinski definition) is 6. The summed E-state index contributed by atoms with van der Waals surface area (Å²) in [5.41, 5.74) is 0. The minimum Gasteiger partial charge on any atom is -0.339 e. The minimum absolute atomic E-state index is 0.0553. The molecule has 6 nitrogen and oxygen atoms in total. The molecule has 1 atom stereocenters. The molecule has 0 aromatic carbocycles. The summed E-state index contributed by atoms with van der Waals surface area (Å²) in [6.07, 6.45) is 2.12. The lowest BCUT2D eigenvalue weighted by Gasteiger charge is -2.18. The molecule has 0 bridgehead atoms. The second-order valence-electron chi connectivity index (χ2n) is 4.28. The highest BCUT2D eigenvalue weighted by Crippen LogP contribution is 2.31. The Labute approximate surface area is 99.3 Å². The van der Waals surface area contributed by atoms with Gasteiger partial charge in [-0.25, -0.2) is 8.42 Å². The maximum atomic E-state index is 11.8. The lowest BCUT2D eigenvalue weighted by molar-refractivity contribution is -0.116. The number of carbonyl (C=O) groups excluding carboxylic acids is 1. The van der Waals surface area contributed by atoms with Gasteiger partial charge in [-0.1, -0.05) is 11.6 Å². The molecule has 2 heterocycles. The molecule has 1 aliphatic rings. The van der Waals surface area contributed by atoms with Crippen LogP contribution in [0, 0.1) is 0 Å². The van der Waals surface area contributed by atoms with Crippen molar-refractivity contribution in [2.24, 2.45) is 0 Å². The number of sulfone groups is 1. The van der Waals surface area contributed by atoms with Gasteiger partial charge in [0.25, 0.3) is 0 Å². The first kappa shape index (κ1) is 12.2. The Morgan fingerprint density at radius 3 is 2.88 bits per heavy atom. The molecule has 1 saturated heterocycles. The first-order valence-electron chi connectivity index (χ1n) is 5.52. The van der Waals surface area contributed by atoms with Crippen LogP contribution in [0.2, 0.25) is 0 Å². The van der Waals surface area contributed by atoms with Gasteiger partial charge in [0.1, 0.15) is 11.0 Å². The van der Waals surface area contributed by atoms with Crippen molar-refractivity contribution in [1.29, 1.82) is 0 Å². The zero-order valence-electron chi connectivity index (χ0n) is 9.55. The van der Waals surface area contributed by atoms with E-state index in [1.165, 1.54) is 6.92 Å². The number of ketones is 1. The minimum atomic E-state index is -3.16. The summed E-state index contributed by atoms with van der Waals surface area (Å²) in [6, 6.07) is 0. The molecule has 1 aliphatic heterocycles. The van der Waals surface area contributed by atoms with E-state index in [4.69, 9.17) is 4.52 Å². The molecule has 0 aliphatic carbocycles. The zero-order chi connectivity index (χ0) is 12.5. The van der Waals surface area contributed by atoms with Crippen molar-refractivity contribution >= 4 is 15.6 Å². The van der Waals surface area contributed by atoms with Crippen LogP contribution >= 0.6 is 0 Å². The summed E-state index contributed by atoms with van der Waals surface area (Å²) >= 11 is 0. The lowest BCUT2D eigenvalue weighted by Crippen LogP contribution is -2.22. The van der Waals surface area contributed by atoms with Crippen molar-refractivity contribution in [3.63, 3.8) is 0 Å². The Kier molecular flexibility index (Phi) is 3.28. The van der Waals surface area contributed by atoms with E-state index in [2.05, 4.69) is 10.1 Å². The Morgan fingerprint density at radius 1 is 1.47 bits per heavy atom. The van der Waals surface area contributed by atoms with Crippen LogP contribution in [-0.2, 0) is 21.1 Å². The molecule has 0 spiro atoms. The summed E-state index contributed by atoms with van der Waals surface area (Å²) < 4.78 is 28.5. The molecule has 1 aromatic rings. The summed E-state index contributed by atoms with van der Waals surface area (Å²) in [6.45, 7) is 1.42. The Bertz CT molecular complexity index is 520. The van der Waals surface area contributed by atoms with E-state index in [-0.39, 0.29) is 29.7 Å². The molecule has 0 radical (unpaired) electrons. The van der Waals surface area contributed by atoms with E-state index < -0.39 is 15.1 Å². The molecule has 0 saturated carbocycles. The van der Waals surface area contributed by atoms with Gasteiger partial charge in [0.15, 0.2) is 15.7 Å². The predicted octanol–water partition coefficient (Wildman–Crippen LogP) is 0.841. The van der Waals surface area contributed by atoms with Crippen LogP contribution < -0.4 is 0 Å². The van der Waals surface area contributed by atoms with Gasteiger partial charge in [-0.2, -0.15) is 4.98 Å². The van der Waals surface area contributed by atoms with E-state index in [1.54, 1.807) is 0 Å². The van der Waals surface area contributed by atoms with Crippen LogP contribution in [0.4, 0.5) is 0 Å². The molecule has 94 valence electrons. The van der Waals surface area contributed by atoms with E-state index in [0.717, 1.165) is 6.42 Å². The van der Waals surface area contributed by atoms with Crippen LogP contribution in [-0.4, -0.2) is 30.1 Å². The highest BCUT2D eigenvalue weighted by molar-refractivity contribution is 7.91. The summed E-state index contributed by atoms with van der Waals surface area (Å²) in [5, 5.41) is 3.01.